The van der Waals surface area contributed by atoms with Gasteiger partial charge in [-0.25, -0.2) is 0 Å². The van der Waals surface area contributed by atoms with Crippen molar-refractivity contribution in [3.63, 3.8) is 0 Å². The number of fused-ring (bicyclic) bond motifs is 2. The molecule has 0 saturated heterocycles. The predicted molar refractivity (Wildman–Crippen MR) is 44.2 cm³/mol. The number of hydrogen-bond acceptors (Lipinski definition) is 1. The van der Waals surface area contributed by atoms with Gasteiger partial charge in [0, 0.05) is 11.8 Å². The molecule has 0 N–H and O–H groups in total. The summed E-state index contributed by atoms with van der Waals surface area (Å²) in [5.74, 6) is 2.31. The zero-order valence-corrected chi connectivity index (χ0v) is 7.18. The van der Waals surface area contributed by atoms with E-state index < -0.39 is 0 Å². The van der Waals surface area contributed by atoms with Crippen LogP contribution in [-0.4, -0.2) is 5.78 Å². The van der Waals surface area contributed by atoms with Gasteiger partial charge in [0.1, 0.15) is 5.78 Å². The summed E-state index contributed by atoms with van der Waals surface area (Å²) in [6.07, 6.45) is 6.01. The molecule has 0 heterocycles. The van der Waals surface area contributed by atoms with Crippen molar-refractivity contribution in [2.24, 2.45) is 17.8 Å². The quantitative estimate of drug-likeness (QED) is 0.521. The summed E-state index contributed by atoms with van der Waals surface area (Å²) in [6.45, 7) is 2.29. The molecule has 2 bridgehead atoms. The Morgan fingerprint density at radius 2 is 1.73 bits per heavy atom. The topological polar surface area (TPSA) is 17.1 Å². The van der Waals surface area contributed by atoms with Crippen molar-refractivity contribution < 1.29 is 4.79 Å². The van der Waals surface area contributed by atoms with E-state index in [0.717, 1.165) is 5.92 Å². The lowest BCUT2D eigenvalue weighted by Gasteiger charge is -2.36. The van der Waals surface area contributed by atoms with E-state index in [1.807, 2.05) is 0 Å². The first kappa shape index (κ1) is 7.33. The van der Waals surface area contributed by atoms with Crippen LogP contribution in [0.2, 0.25) is 0 Å². The van der Waals surface area contributed by atoms with Crippen molar-refractivity contribution in [1.82, 2.24) is 0 Å². The highest BCUT2D eigenvalue weighted by atomic mass is 16.1. The Morgan fingerprint density at radius 1 is 1.18 bits per heavy atom. The zero-order chi connectivity index (χ0) is 7.84. The maximum absolute atomic E-state index is 11.6. The Bertz CT molecular complexity index is 158. The third-order valence-corrected chi connectivity index (χ3v) is 3.28. The van der Waals surface area contributed by atoms with Gasteiger partial charge in [0.15, 0.2) is 0 Å². The Balaban J connectivity index is 2.13. The molecule has 3 atom stereocenters. The van der Waals surface area contributed by atoms with Crippen molar-refractivity contribution in [2.45, 2.75) is 39.0 Å². The maximum Gasteiger partial charge on any atom is 0.139 e. The molecule has 2 saturated carbocycles. The van der Waals surface area contributed by atoms with E-state index in [0.29, 0.717) is 17.6 Å². The third kappa shape index (κ3) is 1.21. The van der Waals surface area contributed by atoms with E-state index >= 15 is 0 Å². The van der Waals surface area contributed by atoms with Crippen LogP contribution in [0.25, 0.3) is 0 Å². The van der Waals surface area contributed by atoms with Crippen LogP contribution in [-0.2, 0) is 4.79 Å². The largest absolute Gasteiger partial charge is 0.299 e. The molecule has 0 aromatic carbocycles. The van der Waals surface area contributed by atoms with Crippen LogP contribution in [0.3, 0.4) is 0 Å². The lowest BCUT2D eigenvalue weighted by Crippen LogP contribution is -2.35. The van der Waals surface area contributed by atoms with Crippen molar-refractivity contribution in [1.29, 1.82) is 0 Å². The summed E-state index contributed by atoms with van der Waals surface area (Å²) in [5.41, 5.74) is 0. The molecule has 2 aliphatic rings. The molecule has 0 aromatic rings. The van der Waals surface area contributed by atoms with Gasteiger partial charge in [-0.2, -0.15) is 0 Å². The average molecular weight is 152 g/mol. The molecule has 1 unspecified atom stereocenters. The molecule has 0 aromatic heterocycles. The molecule has 1 heteroatoms. The fourth-order valence-corrected chi connectivity index (χ4v) is 2.76. The summed E-state index contributed by atoms with van der Waals surface area (Å²) in [6, 6.07) is 0. The molecule has 62 valence electrons. The van der Waals surface area contributed by atoms with Crippen molar-refractivity contribution in [3.05, 3.63) is 0 Å². The van der Waals surface area contributed by atoms with Crippen LogP contribution in [0.1, 0.15) is 39.0 Å². The average Bonchev–Trinajstić information content (AvgIpc) is 1.92. The van der Waals surface area contributed by atoms with Crippen molar-refractivity contribution in [2.75, 3.05) is 0 Å². The fraction of sp³-hybridized carbons (Fsp3) is 0.900. The summed E-state index contributed by atoms with van der Waals surface area (Å²) in [7, 11) is 0. The van der Waals surface area contributed by atoms with E-state index in [2.05, 4.69) is 6.92 Å². The van der Waals surface area contributed by atoms with E-state index in [-0.39, 0.29) is 0 Å². The summed E-state index contributed by atoms with van der Waals surface area (Å²) in [4.78, 5) is 11.6. The smallest absolute Gasteiger partial charge is 0.139 e. The number of carbonyl (C=O) groups is 1. The van der Waals surface area contributed by atoms with Gasteiger partial charge < -0.3 is 0 Å². The predicted octanol–water partition coefficient (Wildman–Crippen LogP) is 2.40. The number of carbonyl (C=O) groups excluding carboxylic acids is 1. The van der Waals surface area contributed by atoms with Crippen LogP contribution < -0.4 is 0 Å². The normalized spacial score (nSPS) is 44.1. The van der Waals surface area contributed by atoms with E-state index in [1.165, 1.54) is 32.1 Å². The molecule has 1 nitrogen and oxygen atoms in total. The second-order valence-corrected chi connectivity index (χ2v) is 4.30. The second kappa shape index (κ2) is 2.62. The highest BCUT2D eigenvalue weighted by Crippen LogP contribution is 2.39. The minimum absolute atomic E-state index is 0.456. The molecule has 11 heavy (non-hydrogen) atoms. The first-order chi connectivity index (χ1) is 5.27. The number of Topliss-reactive ketones (excluding diaryl/α,β-unsaturated/α-hetero) is 1. The number of ketones is 1. The summed E-state index contributed by atoms with van der Waals surface area (Å²) >= 11 is 0. The molecule has 2 fully saturated rings. The van der Waals surface area contributed by atoms with Gasteiger partial charge in [0.25, 0.3) is 0 Å². The van der Waals surface area contributed by atoms with Crippen LogP contribution in [0.15, 0.2) is 0 Å². The number of rotatable bonds is 0. The monoisotopic (exact) mass is 152 g/mol. The lowest BCUT2D eigenvalue weighted by atomic mass is 9.68. The summed E-state index contributed by atoms with van der Waals surface area (Å²) in [5, 5.41) is 0. The zero-order valence-electron chi connectivity index (χ0n) is 7.18. The first-order valence-corrected chi connectivity index (χ1v) is 4.81. The van der Waals surface area contributed by atoms with Gasteiger partial charge in [0.05, 0.1) is 0 Å². The van der Waals surface area contributed by atoms with Crippen LogP contribution in [0.5, 0.6) is 0 Å². The molecule has 0 spiro atoms. The third-order valence-electron chi connectivity index (χ3n) is 3.28. The van der Waals surface area contributed by atoms with Crippen LogP contribution >= 0.6 is 0 Å². The first-order valence-electron chi connectivity index (χ1n) is 4.81. The van der Waals surface area contributed by atoms with Crippen LogP contribution in [0.4, 0.5) is 0 Å². The van der Waals surface area contributed by atoms with Gasteiger partial charge in [-0.1, -0.05) is 13.3 Å². The van der Waals surface area contributed by atoms with Gasteiger partial charge in [-0.3, -0.25) is 4.79 Å². The molecular weight excluding hydrogens is 136 g/mol. The minimum atomic E-state index is 0.456. The highest BCUT2D eigenvalue weighted by Gasteiger charge is 2.36. The molecule has 0 amide bonds. The Kier molecular flexibility index (Phi) is 1.74. The number of hydrogen-bond donors (Lipinski definition) is 0. The molecule has 0 radical (unpaired) electrons. The fourth-order valence-electron chi connectivity index (χ4n) is 2.76. The van der Waals surface area contributed by atoms with E-state index in [4.69, 9.17) is 0 Å². The van der Waals surface area contributed by atoms with E-state index in [1.54, 1.807) is 0 Å². The Labute approximate surface area is 68.2 Å². The Hall–Kier alpha value is -0.330. The molecule has 2 rings (SSSR count). The van der Waals surface area contributed by atoms with Gasteiger partial charge >= 0.3 is 0 Å². The van der Waals surface area contributed by atoms with Gasteiger partial charge in [0.2, 0.25) is 0 Å². The van der Waals surface area contributed by atoms with Gasteiger partial charge in [-0.15, -0.1) is 0 Å². The van der Waals surface area contributed by atoms with Crippen molar-refractivity contribution in [3.8, 4) is 0 Å². The Morgan fingerprint density at radius 3 is 2.27 bits per heavy atom. The molecule has 0 aliphatic heterocycles. The van der Waals surface area contributed by atoms with Crippen molar-refractivity contribution >= 4 is 5.78 Å². The maximum atomic E-state index is 11.6. The highest BCUT2D eigenvalue weighted by molar-refractivity contribution is 5.84. The van der Waals surface area contributed by atoms with Gasteiger partial charge in [-0.05, 0) is 31.6 Å². The lowest BCUT2D eigenvalue weighted by molar-refractivity contribution is -0.133. The molecular formula is C10H16O. The standard InChI is InChI=1S/C10H16O/c1-7-5-8-3-2-4-9(6-7)10(8)11/h7-9H,2-6H2,1H3/t7?,8-,9+. The van der Waals surface area contributed by atoms with E-state index in [9.17, 15) is 4.79 Å². The SMILES string of the molecule is CC1C[C@H]2CCC[C@@H](C1)C2=O. The molecule has 2 aliphatic carbocycles. The minimum Gasteiger partial charge on any atom is -0.299 e. The summed E-state index contributed by atoms with van der Waals surface area (Å²) < 4.78 is 0. The second-order valence-electron chi connectivity index (χ2n) is 4.30. The van der Waals surface area contributed by atoms with Crippen LogP contribution in [0, 0.1) is 17.8 Å².